The molecule has 0 saturated heterocycles. The third-order valence-corrected chi connectivity index (χ3v) is 7.72. The number of hydrogen-bond acceptors (Lipinski definition) is 8. The second kappa shape index (κ2) is 7.33. The molecule has 0 aromatic carbocycles. The maximum Gasteiger partial charge on any atom is 0.264 e. The number of ether oxygens (including phenoxy) is 2. The van der Waals surface area contributed by atoms with E-state index in [9.17, 15) is 13.5 Å². The van der Waals surface area contributed by atoms with E-state index in [4.69, 9.17) is 15.2 Å². The van der Waals surface area contributed by atoms with Crippen LogP contribution in [0.15, 0.2) is 6.33 Å². The molecule has 2 fully saturated rings. The predicted octanol–water partition coefficient (Wildman–Crippen LogP) is 1.03. The van der Waals surface area contributed by atoms with E-state index in [1.807, 2.05) is 0 Å². The van der Waals surface area contributed by atoms with Gasteiger partial charge in [0.15, 0.2) is 9.84 Å². The molecular formula is C16H25N3O5S. The Morgan fingerprint density at radius 2 is 1.92 bits per heavy atom. The summed E-state index contributed by atoms with van der Waals surface area (Å²) in [6, 6.07) is -0.0336. The molecule has 25 heavy (non-hydrogen) atoms. The average Bonchev–Trinajstić information content (AvgIpc) is 3.41. The summed E-state index contributed by atoms with van der Waals surface area (Å²) in [6.45, 7) is 0.275. The minimum absolute atomic E-state index is 0.0119. The molecule has 0 bridgehead atoms. The summed E-state index contributed by atoms with van der Waals surface area (Å²) in [7, 11) is -1.68. The summed E-state index contributed by atoms with van der Waals surface area (Å²) < 4.78 is 36.0. The van der Waals surface area contributed by atoms with Crippen LogP contribution in [0.1, 0.15) is 38.5 Å². The van der Waals surface area contributed by atoms with Gasteiger partial charge in [-0.3, -0.25) is 0 Å². The highest BCUT2D eigenvalue weighted by Crippen LogP contribution is 2.38. The van der Waals surface area contributed by atoms with Gasteiger partial charge in [-0.25, -0.2) is 8.42 Å². The normalized spacial score (nSPS) is 27.5. The van der Waals surface area contributed by atoms with Gasteiger partial charge in [-0.05, 0) is 44.4 Å². The van der Waals surface area contributed by atoms with Crippen molar-refractivity contribution >= 4 is 9.84 Å². The van der Waals surface area contributed by atoms with Gasteiger partial charge in [-0.15, -0.1) is 0 Å². The van der Waals surface area contributed by atoms with Gasteiger partial charge in [0.1, 0.15) is 6.33 Å². The SMILES string of the molecule is COc1c(O)ncnc1OCC1CC(N)CCC(S(=O)(=O)C2CC2)C1. The Balaban J connectivity index is 1.69. The van der Waals surface area contributed by atoms with Crippen molar-refractivity contribution in [2.45, 2.75) is 55.1 Å². The van der Waals surface area contributed by atoms with Crippen LogP contribution in [-0.2, 0) is 9.84 Å². The van der Waals surface area contributed by atoms with E-state index < -0.39 is 9.84 Å². The van der Waals surface area contributed by atoms with E-state index in [1.165, 1.54) is 13.4 Å². The Labute approximate surface area is 147 Å². The Kier molecular flexibility index (Phi) is 5.33. The van der Waals surface area contributed by atoms with Gasteiger partial charge in [-0.2, -0.15) is 9.97 Å². The van der Waals surface area contributed by atoms with Gasteiger partial charge in [-0.1, -0.05) is 0 Å². The lowest BCUT2D eigenvalue weighted by Gasteiger charge is -2.21. The molecule has 1 aromatic rings. The average molecular weight is 371 g/mol. The number of methoxy groups -OCH3 is 1. The first-order valence-corrected chi connectivity index (χ1v) is 10.2. The second-order valence-corrected chi connectivity index (χ2v) is 9.44. The monoisotopic (exact) mass is 371 g/mol. The van der Waals surface area contributed by atoms with E-state index in [1.54, 1.807) is 0 Å². The molecule has 0 radical (unpaired) electrons. The molecule has 0 aliphatic heterocycles. The zero-order chi connectivity index (χ0) is 18.0. The largest absolute Gasteiger partial charge is 0.490 e. The fourth-order valence-corrected chi connectivity index (χ4v) is 5.80. The van der Waals surface area contributed by atoms with Gasteiger partial charge in [0.25, 0.3) is 11.8 Å². The summed E-state index contributed by atoms with van der Waals surface area (Å²) in [4.78, 5) is 7.62. The molecule has 2 saturated carbocycles. The van der Waals surface area contributed by atoms with Gasteiger partial charge >= 0.3 is 0 Å². The fraction of sp³-hybridized carbons (Fsp3) is 0.750. The number of sulfone groups is 1. The van der Waals surface area contributed by atoms with Gasteiger partial charge in [0.2, 0.25) is 5.75 Å². The third-order valence-electron chi connectivity index (χ3n) is 4.96. The molecule has 3 atom stereocenters. The topological polar surface area (TPSA) is 125 Å². The van der Waals surface area contributed by atoms with E-state index in [-0.39, 0.29) is 46.6 Å². The van der Waals surface area contributed by atoms with Crippen molar-refractivity contribution in [2.75, 3.05) is 13.7 Å². The van der Waals surface area contributed by atoms with Gasteiger partial charge < -0.3 is 20.3 Å². The quantitative estimate of drug-likeness (QED) is 0.711. The van der Waals surface area contributed by atoms with Crippen LogP contribution in [0, 0.1) is 5.92 Å². The van der Waals surface area contributed by atoms with Crippen LogP contribution in [0.4, 0.5) is 0 Å². The maximum atomic E-state index is 12.6. The summed E-state index contributed by atoms with van der Waals surface area (Å²) in [5.74, 6) is -0.0610. The number of aromatic hydroxyl groups is 1. The summed E-state index contributed by atoms with van der Waals surface area (Å²) in [5.41, 5.74) is 6.13. The Morgan fingerprint density at radius 1 is 1.20 bits per heavy atom. The fourth-order valence-electron chi connectivity index (χ4n) is 3.46. The van der Waals surface area contributed by atoms with Crippen LogP contribution in [0.25, 0.3) is 0 Å². The minimum Gasteiger partial charge on any atom is -0.490 e. The molecule has 0 amide bonds. The highest BCUT2D eigenvalue weighted by molar-refractivity contribution is 7.92. The van der Waals surface area contributed by atoms with E-state index in [2.05, 4.69) is 9.97 Å². The molecular weight excluding hydrogens is 346 g/mol. The standard InChI is InChI=1S/C16H25N3O5S/c1-23-14-15(20)18-9-19-16(14)24-8-10-6-11(17)2-3-13(7-10)25(21,22)12-4-5-12/h9-13H,2-8,17H2,1H3,(H,18,19,20). The Morgan fingerprint density at radius 3 is 2.60 bits per heavy atom. The maximum absolute atomic E-state index is 12.6. The van der Waals surface area contributed by atoms with Crippen molar-refractivity contribution < 1.29 is 23.0 Å². The minimum atomic E-state index is -3.07. The first-order valence-electron chi connectivity index (χ1n) is 8.60. The van der Waals surface area contributed by atoms with E-state index in [0.717, 1.165) is 12.8 Å². The van der Waals surface area contributed by atoms with Crippen molar-refractivity contribution in [1.29, 1.82) is 0 Å². The van der Waals surface area contributed by atoms with E-state index in [0.29, 0.717) is 25.7 Å². The number of rotatable bonds is 6. The zero-order valence-corrected chi connectivity index (χ0v) is 15.1. The van der Waals surface area contributed by atoms with Crippen LogP contribution in [0.3, 0.4) is 0 Å². The van der Waals surface area contributed by atoms with Gasteiger partial charge in [0.05, 0.1) is 24.2 Å². The number of nitrogens with two attached hydrogens (primary N) is 1. The molecule has 9 heteroatoms. The van der Waals surface area contributed by atoms with Crippen LogP contribution in [0.2, 0.25) is 0 Å². The van der Waals surface area contributed by atoms with Crippen molar-refractivity contribution in [3.8, 4) is 17.5 Å². The lowest BCUT2D eigenvalue weighted by Crippen LogP contribution is -2.28. The van der Waals surface area contributed by atoms with Crippen LogP contribution >= 0.6 is 0 Å². The van der Waals surface area contributed by atoms with Gasteiger partial charge in [0, 0.05) is 6.04 Å². The Hall–Kier alpha value is -1.61. The molecule has 1 aromatic heterocycles. The molecule has 2 aliphatic rings. The molecule has 3 rings (SSSR count). The number of nitrogens with zero attached hydrogens (tertiary/aromatic N) is 2. The zero-order valence-electron chi connectivity index (χ0n) is 14.3. The molecule has 8 nitrogen and oxygen atoms in total. The highest BCUT2D eigenvalue weighted by Gasteiger charge is 2.42. The Bertz CT molecular complexity index is 708. The van der Waals surface area contributed by atoms with Crippen molar-refractivity contribution in [2.24, 2.45) is 11.7 Å². The lowest BCUT2D eigenvalue weighted by molar-refractivity contribution is 0.209. The van der Waals surface area contributed by atoms with Crippen molar-refractivity contribution in [3.63, 3.8) is 0 Å². The molecule has 1 heterocycles. The summed E-state index contributed by atoms with van der Waals surface area (Å²) in [6.07, 6.45) is 5.33. The number of aromatic nitrogens is 2. The predicted molar refractivity (Wildman–Crippen MR) is 91.4 cm³/mol. The van der Waals surface area contributed by atoms with Crippen LogP contribution in [0.5, 0.6) is 17.5 Å². The number of hydrogen-bond donors (Lipinski definition) is 2. The molecule has 2 aliphatic carbocycles. The van der Waals surface area contributed by atoms with E-state index >= 15 is 0 Å². The first kappa shape index (κ1) is 18.2. The molecule has 140 valence electrons. The molecule has 3 N–H and O–H groups in total. The summed E-state index contributed by atoms with van der Waals surface area (Å²) in [5, 5.41) is 9.17. The highest BCUT2D eigenvalue weighted by atomic mass is 32.2. The second-order valence-electron chi connectivity index (χ2n) is 6.93. The van der Waals surface area contributed by atoms with Crippen LogP contribution < -0.4 is 15.2 Å². The first-order chi connectivity index (χ1) is 11.9. The third kappa shape index (κ3) is 4.14. The summed E-state index contributed by atoms with van der Waals surface area (Å²) >= 11 is 0. The smallest absolute Gasteiger partial charge is 0.264 e. The van der Waals surface area contributed by atoms with Crippen LogP contribution in [-0.4, -0.2) is 53.8 Å². The molecule has 3 unspecified atom stereocenters. The lowest BCUT2D eigenvalue weighted by atomic mass is 9.99. The van der Waals surface area contributed by atoms with Crippen molar-refractivity contribution in [1.82, 2.24) is 9.97 Å². The molecule has 0 spiro atoms. The van der Waals surface area contributed by atoms with Crippen molar-refractivity contribution in [3.05, 3.63) is 6.33 Å².